The van der Waals surface area contributed by atoms with Crippen molar-refractivity contribution in [2.75, 3.05) is 20.7 Å². The molecule has 5 N–H and O–H groups in total. The average molecular weight is 714 g/mol. The molecule has 0 amide bonds. The number of carbonyl (C=O) groups is 2. The van der Waals surface area contributed by atoms with E-state index in [9.17, 15) is 35.1 Å². The van der Waals surface area contributed by atoms with Crippen molar-refractivity contribution >= 4 is 11.8 Å². The first-order chi connectivity index (χ1) is 23.3. The second-order valence-electron chi connectivity index (χ2n) is 15.3. The summed E-state index contributed by atoms with van der Waals surface area (Å²) in [5.41, 5.74) is -0.693. The number of hydrogen-bond acceptors (Lipinski definition) is 13. The van der Waals surface area contributed by atoms with Crippen molar-refractivity contribution in [1.82, 2.24) is 4.90 Å². The zero-order valence-corrected chi connectivity index (χ0v) is 31.5. The molecule has 0 radical (unpaired) electrons. The summed E-state index contributed by atoms with van der Waals surface area (Å²) in [5.74, 6) is -2.57. The number of hydrogen-bond donors (Lipinski definition) is 5. The molecule has 50 heavy (non-hydrogen) atoms. The van der Waals surface area contributed by atoms with E-state index < -0.39 is 96.8 Å². The molecule has 0 aromatic rings. The normalized spacial score (nSPS) is 46.2. The molecule has 0 aromatic carbocycles. The third-order valence-electron chi connectivity index (χ3n) is 10.6. The summed E-state index contributed by atoms with van der Waals surface area (Å²) in [6.07, 6.45) is -3.47. The lowest BCUT2D eigenvalue weighted by Gasteiger charge is -2.50. The van der Waals surface area contributed by atoms with E-state index in [0.29, 0.717) is 12.8 Å². The van der Waals surface area contributed by atoms with E-state index in [-0.39, 0.29) is 31.1 Å². The number of ether oxygens (including phenoxy) is 5. The molecule has 13 nitrogen and oxygen atoms in total. The third-order valence-corrected chi connectivity index (χ3v) is 10.6. The van der Waals surface area contributed by atoms with Crippen LogP contribution in [0.3, 0.4) is 0 Å². The molecule has 0 aromatic heterocycles. The second kappa shape index (κ2) is 18.3. The van der Waals surface area contributed by atoms with Crippen LogP contribution in [0.15, 0.2) is 23.8 Å². The van der Waals surface area contributed by atoms with Gasteiger partial charge in [-0.15, -0.1) is 0 Å². The van der Waals surface area contributed by atoms with Gasteiger partial charge in [0.05, 0.1) is 49.1 Å². The number of esters is 1. The fraction of sp³-hybridized carbons (Fsp3) is 0.838. The highest BCUT2D eigenvalue weighted by molar-refractivity contribution is 5.91. The predicted molar refractivity (Wildman–Crippen MR) is 185 cm³/mol. The van der Waals surface area contributed by atoms with Gasteiger partial charge in [-0.05, 0) is 66.6 Å². The number of aliphatic hydroxyl groups excluding tert-OH is 4. The van der Waals surface area contributed by atoms with E-state index in [1.54, 1.807) is 51.9 Å². The molecular weight excluding hydrogens is 650 g/mol. The summed E-state index contributed by atoms with van der Waals surface area (Å²) in [7, 11) is 3.58. The quantitative estimate of drug-likeness (QED) is 0.242. The minimum absolute atomic E-state index is 0.0108. The zero-order valence-electron chi connectivity index (χ0n) is 31.5. The highest BCUT2D eigenvalue weighted by Crippen LogP contribution is 2.36. The van der Waals surface area contributed by atoms with Crippen molar-refractivity contribution in [3.63, 3.8) is 0 Å². The fourth-order valence-corrected chi connectivity index (χ4v) is 7.54. The number of nitrogens with zero attached hydrogens (tertiary/aromatic N) is 1. The molecule has 3 rings (SSSR count). The standard InChI is InChI=1S/C37H63NO12/c1-11-28-25(18-39)14-19(2)12-13-26(40)20(3)15-21(4)33(22(5)27(41)16-29(42)48-28)50-36-32(43)31(38(9)10)34(23(6)47-36)49-30-17-37(8,45)35(44)24(7)46-30/h12-14,20-25,27-28,30-36,39,41,43-45H,11,15-18H2,1-10H3/b13-12+,19-14+/t20-,21+,22+,23-,24+,25-,27-,28-,30+,31-,32-,33+,34-,35+,36+,37-/m1/s1. The maximum Gasteiger partial charge on any atom is 0.308 e. The third kappa shape index (κ3) is 10.6. The Labute approximate surface area is 297 Å². The summed E-state index contributed by atoms with van der Waals surface area (Å²) in [5, 5.41) is 54.3. The van der Waals surface area contributed by atoms with Gasteiger partial charge in [0.25, 0.3) is 0 Å². The summed E-state index contributed by atoms with van der Waals surface area (Å²) in [4.78, 5) is 28.1. The Morgan fingerprint density at radius 3 is 2.22 bits per heavy atom. The number of likely N-dealkylation sites (N-methyl/N-ethyl adjacent to an activating group) is 1. The molecule has 0 aliphatic carbocycles. The van der Waals surface area contributed by atoms with Gasteiger partial charge >= 0.3 is 5.97 Å². The Kier molecular flexibility index (Phi) is 15.6. The van der Waals surface area contributed by atoms with E-state index in [4.69, 9.17) is 23.7 Å². The molecule has 0 unspecified atom stereocenters. The Morgan fingerprint density at radius 2 is 1.64 bits per heavy atom. The van der Waals surface area contributed by atoms with E-state index in [1.807, 2.05) is 27.7 Å². The topological polar surface area (TPSA) is 185 Å². The first kappa shape index (κ1) is 42.6. The lowest BCUT2D eigenvalue weighted by Crippen LogP contribution is -2.65. The largest absolute Gasteiger partial charge is 0.462 e. The van der Waals surface area contributed by atoms with Crippen LogP contribution in [0.25, 0.3) is 0 Å². The lowest BCUT2D eigenvalue weighted by atomic mass is 9.82. The summed E-state index contributed by atoms with van der Waals surface area (Å²) in [6.45, 7) is 13.9. The van der Waals surface area contributed by atoms with Crippen molar-refractivity contribution in [3.05, 3.63) is 23.8 Å². The van der Waals surface area contributed by atoms with Crippen LogP contribution in [0.4, 0.5) is 0 Å². The maximum atomic E-state index is 13.2. The van der Waals surface area contributed by atoms with Crippen molar-refractivity contribution in [3.8, 4) is 0 Å². The molecule has 2 saturated heterocycles. The Bertz CT molecular complexity index is 1180. The number of allylic oxidation sites excluding steroid dienone is 3. The van der Waals surface area contributed by atoms with Gasteiger partial charge in [-0.3, -0.25) is 9.59 Å². The van der Waals surface area contributed by atoms with Crippen LogP contribution < -0.4 is 0 Å². The smallest absolute Gasteiger partial charge is 0.308 e. The van der Waals surface area contributed by atoms with Crippen LogP contribution in [0.5, 0.6) is 0 Å². The van der Waals surface area contributed by atoms with Crippen molar-refractivity contribution < 1.29 is 58.8 Å². The number of carbonyl (C=O) groups excluding carboxylic acids is 2. The lowest BCUT2D eigenvalue weighted by molar-refractivity contribution is -0.341. The Balaban J connectivity index is 1.89. The van der Waals surface area contributed by atoms with E-state index in [1.165, 1.54) is 13.0 Å². The predicted octanol–water partition coefficient (Wildman–Crippen LogP) is 2.10. The van der Waals surface area contributed by atoms with Gasteiger partial charge in [-0.1, -0.05) is 45.4 Å². The van der Waals surface area contributed by atoms with E-state index in [2.05, 4.69) is 0 Å². The van der Waals surface area contributed by atoms with Gasteiger partial charge in [0.2, 0.25) is 0 Å². The van der Waals surface area contributed by atoms with Crippen LogP contribution in [0.2, 0.25) is 0 Å². The van der Waals surface area contributed by atoms with E-state index >= 15 is 0 Å². The monoisotopic (exact) mass is 713 g/mol. The minimum atomic E-state index is -1.44. The average Bonchev–Trinajstić information content (AvgIpc) is 3.03. The molecule has 2 fully saturated rings. The number of ketones is 1. The van der Waals surface area contributed by atoms with Gasteiger partial charge < -0.3 is 54.1 Å². The van der Waals surface area contributed by atoms with Crippen molar-refractivity contribution in [1.29, 1.82) is 0 Å². The molecule has 3 aliphatic heterocycles. The van der Waals surface area contributed by atoms with Gasteiger partial charge in [-0.25, -0.2) is 0 Å². The summed E-state index contributed by atoms with van der Waals surface area (Å²) >= 11 is 0. The minimum Gasteiger partial charge on any atom is -0.462 e. The molecule has 3 aliphatic rings. The highest BCUT2D eigenvalue weighted by Gasteiger charge is 2.51. The fourth-order valence-electron chi connectivity index (χ4n) is 7.54. The van der Waals surface area contributed by atoms with Crippen LogP contribution >= 0.6 is 0 Å². The first-order valence-electron chi connectivity index (χ1n) is 18.1. The van der Waals surface area contributed by atoms with Gasteiger partial charge in [-0.2, -0.15) is 0 Å². The summed E-state index contributed by atoms with van der Waals surface area (Å²) in [6, 6.07) is -0.649. The van der Waals surface area contributed by atoms with Gasteiger partial charge in [0.1, 0.15) is 24.4 Å². The highest BCUT2D eigenvalue weighted by atomic mass is 16.7. The SMILES string of the molecule is CC[C@H]1OC(=O)C[C@@H](O)[C@H](C)[C@@H](O[C@@H]2O[C@H](C)[C@@H](O[C@H]3C[C@@](C)(O)[C@@H](O)[C@H](C)O3)[C@H](N(C)C)[C@H]2O)[C@@H](C)C[C@@H](C)C(=O)/C=C/C(C)=C/[C@@H]1CO. The van der Waals surface area contributed by atoms with Crippen LogP contribution in [0.1, 0.15) is 81.1 Å². The van der Waals surface area contributed by atoms with E-state index in [0.717, 1.165) is 5.57 Å². The van der Waals surface area contributed by atoms with Crippen molar-refractivity contribution in [2.24, 2.45) is 23.7 Å². The molecule has 288 valence electrons. The number of cyclic esters (lactones) is 1. The molecule has 0 spiro atoms. The molecular formula is C37H63NO12. The summed E-state index contributed by atoms with van der Waals surface area (Å²) < 4.78 is 30.8. The maximum absolute atomic E-state index is 13.2. The Morgan fingerprint density at radius 1 is 0.980 bits per heavy atom. The number of aliphatic hydroxyl groups is 5. The molecule has 0 saturated carbocycles. The molecule has 0 bridgehead atoms. The Hall–Kier alpha value is -1.78. The van der Waals surface area contributed by atoms with Crippen molar-refractivity contribution in [2.45, 2.75) is 154 Å². The first-order valence-corrected chi connectivity index (χ1v) is 18.1. The second-order valence-corrected chi connectivity index (χ2v) is 15.3. The molecule has 3 heterocycles. The zero-order chi connectivity index (χ0) is 37.7. The van der Waals surface area contributed by atoms with Crippen LogP contribution in [0, 0.1) is 23.7 Å². The molecule has 13 heteroatoms. The molecule has 16 atom stereocenters. The van der Waals surface area contributed by atoms with Crippen LogP contribution in [-0.2, 0) is 33.3 Å². The van der Waals surface area contributed by atoms with Gasteiger partial charge in [0.15, 0.2) is 18.4 Å². The van der Waals surface area contributed by atoms with Gasteiger partial charge in [0, 0.05) is 24.2 Å². The number of rotatable bonds is 7. The van der Waals surface area contributed by atoms with Crippen LogP contribution in [-0.4, -0.2) is 136 Å².